The van der Waals surface area contributed by atoms with Gasteiger partial charge in [0.2, 0.25) is 0 Å². The van der Waals surface area contributed by atoms with E-state index in [-0.39, 0.29) is 11.5 Å². The van der Waals surface area contributed by atoms with Crippen molar-refractivity contribution in [1.29, 1.82) is 0 Å². The summed E-state index contributed by atoms with van der Waals surface area (Å²) >= 11 is 3.21. The predicted molar refractivity (Wildman–Crippen MR) is 72.3 cm³/mol. The topological polar surface area (TPSA) is 68.1 Å². The van der Waals surface area contributed by atoms with Gasteiger partial charge in [-0.05, 0) is 33.6 Å². The second-order valence-corrected chi connectivity index (χ2v) is 4.61. The smallest absolute Gasteiger partial charge is 0.311 e. The molecular weight excluding hydrogens is 317 g/mol. The van der Waals surface area contributed by atoms with Crippen molar-refractivity contribution in [2.75, 3.05) is 5.32 Å². The fourth-order valence-corrected chi connectivity index (χ4v) is 1.99. The van der Waals surface area contributed by atoms with Crippen molar-refractivity contribution < 1.29 is 9.31 Å². The molecule has 1 aromatic carbocycles. The van der Waals surface area contributed by atoms with Crippen molar-refractivity contribution in [1.82, 2.24) is 4.98 Å². The van der Waals surface area contributed by atoms with Gasteiger partial charge >= 0.3 is 5.69 Å². The SMILES string of the molecule is O=[N+]([O-])c1cncc(Br)c1NCc1ccc(F)cc1. The summed E-state index contributed by atoms with van der Waals surface area (Å²) in [5, 5.41) is 13.8. The van der Waals surface area contributed by atoms with Crippen LogP contribution in [0.4, 0.5) is 15.8 Å². The van der Waals surface area contributed by atoms with Crippen LogP contribution in [-0.2, 0) is 6.54 Å². The van der Waals surface area contributed by atoms with Crippen LogP contribution in [0.15, 0.2) is 41.1 Å². The van der Waals surface area contributed by atoms with E-state index in [9.17, 15) is 14.5 Å². The van der Waals surface area contributed by atoms with Crippen LogP contribution in [0, 0.1) is 15.9 Å². The minimum absolute atomic E-state index is 0.114. The number of anilines is 1. The van der Waals surface area contributed by atoms with Crippen LogP contribution in [0.5, 0.6) is 0 Å². The molecule has 5 nitrogen and oxygen atoms in total. The Balaban J connectivity index is 2.19. The minimum atomic E-state index is -0.509. The lowest BCUT2D eigenvalue weighted by Crippen LogP contribution is -2.04. The number of nitrogens with one attached hydrogen (secondary N) is 1. The van der Waals surface area contributed by atoms with E-state index in [2.05, 4.69) is 26.2 Å². The Morgan fingerprint density at radius 2 is 2.00 bits per heavy atom. The highest BCUT2D eigenvalue weighted by atomic mass is 79.9. The molecule has 0 atom stereocenters. The van der Waals surface area contributed by atoms with Gasteiger partial charge in [-0.25, -0.2) is 4.39 Å². The van der Waals surface area contributed by atoms with E-state index >= 15 is 0 Å². The number of benzene rings is 1. The molecule has 0 bridgehead atoms. The van der Waals surface area contributed by atoms with Crippen molar-refractivity contribution in [3.05, 3.63) is 62.6 Å². The summed E-state index contributed by atoms with van der Waals surface area (Å²) in [6.45, 7) is 0.351. The summed E-state index contributed by atoms with van der Waals surface area (Å²) in [5.41, 5.74) is 1.06. The van der Waals surface area contributed by atoms with Crippen LogP contribution in [0.1, 0.15) is 5.56 Å². The van der Waals surface area contributed by atoms with E-state index in [0.717, 1.165) is 5.56 Å². The third kappa shape index (κ3) is 3.25. The van der Waals surface area contributed by atoms with Gasteiger partial charge in [0, 0.05) is 12.7 Å². The Morgan fingerprint density at radius 1 is 1.32 bits per heavy atom. The summed E-state index contributed by atoms with van der Waals surface area (Å²) in [4.78, 5) is 14.1. The lowest BCUT2D eigenvalue weighted by Gasteiger charge is -2.08. The number of hydrogen-bond donors (Lipinski definition) is 1. The monoisotopic (exact) mass is 325 g/mol. The van der Waals surface area contributed by atoms with E-state index in [1.54, 1.807) is 12.1 Å². The van der Waals surface area contributed by atoms with E-state index in [1.165, 1.54) is 24.5 Å². The second kappa shape index (κ2) is 5.75. The first-order chi connectivity index (χ1) is 9.08. The normalized spacial score (nSPS) is 10.2. The van der Waals surface area contributed by atoms with Crippen molar-refractivity contribution >= 4 is 27.3 Å². The van der Waals surface area contributed by atoms with Gasteiger partial charge in [-0.3, -0.25) is 15.1 Å². The molecule has 0 radical (unpaired) electrons. The van der Waals surface area contributed by atoms with Crippen molar-refractivity contribution in [2.24, 2.45) is 0 Å². The molecule has 0 aliphatic heterocycles. The third-order valence-electron chi connectivity index (χ3n) is 2.46. The quantitative estimate of drug-likeness (QED) is 0.690. The average molecular weight is 326 g/mol. The highest BCUT2D eigenvalue weighted by Gasteiger charge is 2.16. The zero-order valence-corrected chi connectivity index (χ0v) is 11.2. The number of halogens is 2. The standard InChI is InChI=1S/C12H9BrFN3O2/c13-10-6-15-7-11(17(18)19)12(10)16-5-8-1-3-9(14)4-2-8/h1-4,6-7H,5H2,(H,15,16). The highest BCUT2D eigenvalue weighted by Crippen LogP contribution is 2.31. The zero-order chi connectivity index (χ0) is 13.8. The van der Waals surface area contributed by atoms with Crippen LogP contribution >= 0.6 is 15.9 Å². The Labute approximate surface area is 116 Å². The predicted octanol–water partition coefficient (Wildman–Crippen LogP) is 3.50. The van der Waals surface area contributed by atoms with Crippen LogP contribution < -0.4 is 5.32 Å². The van der Waals surface area contributed by atoms with Crippen LogP contribution in [0.25, 0.3) is 0 Å². The van der Waals surface area contributed by atoms with Gasteiger partial charge in [0.15, 0.2) is 0 Å². The van der Waals surface area contributed by atoms with E-state index < -0.39 is 4.92 Å². The first kappa shape index (κ1) is 13.4. The molecule has 2 aromatic rings. The third-order valence-corrected chi connectivity index (χ3v) is 3.06. The van der Waals surface area contributed by atoms with Crippen molar-refractivity contribution in [3.63, 3.8) is 0 Å². The number of pyridine rings is 1. The molecule has 0 aliphatic carbocycles. The molecule has 0 saturated carbocycles. The van der Waals surface area contributed by atoms with Gasteiger partial charge in [0.05, 0.1) is 9.40 Å². The van der Waals surface area contributed by atoms with Gasteiger partial charge in [0.1, 0.15) is 17.7 Å². The first-order valence-corrected chi connectivity index (χ1v) is 6.13. The Morgan fingerprint density at radius 3 is 2.63 bits per heavy atom. The molecule has 1 heterocycles. The van der Waals surface area contributed by atoms with Gasteiger partial charge in [-0.2, -0.15) is 0 Å². The molecule has 7 heteroatoms. The lowest BCUT2D eigenvalue weighted by atomic mass is 10.2. The maximum atomic E-state index is 12.8. The Bertz CT molecular complexity index is 604. The Hall–Kier alpha value is -2.02. The van der Waals surface area contributed by atoms with E-state index in [1.807, 2.05) is 0 Å². The summed E-state index contributed by atoms with van der Waals surface area (Å²) in [5.74, 6) is -0.320. The highest BCUT2D eigenvalue weighted by molar-refractivity contribution is 9.10. The molecule has 19 heavy (non-hydrogen) atoms. The maximum absolute atomic E-state index is 12.8. The van der Waals surface area contributed by atoms with Crippen LogP contribution in [0.2, 0.25) is 0 Å². The molecule has 0 fully saturated rings. The van der Waals surface area contributed by atoms with Gasteiger partial charge in [0.25, 0.3) is 0 Å². The first-order valence-electron chi connectivity index (χ1n) is 5.34. The fourth-order valence-electron chi connectivity index (χ4n) is 1.53. The number of nitro groups is 1. The van der Waals surface area contributed by atoms with Gasteiger partial charge in [-0.15, -0.1) is 0 Å². The molecule has 1 aromatic heterocycles. The molecule has 0 unspecified atom stereocenters. The molecule has 0 amide bonds. The number of rotatable bonds is 4. The van der Waals surface area contributed by atoms with E-state index in [4.69, 9.17) is 0 Å². The van der Waals surface area contributed by atoms with E-state index in [0.29, 0.717) is 16.7 Å². The molecule has 0 aliphatic rings. The maximum Gasteiger partial charge on any atom is 0.311 e. The summed E-state index contributed by atoms with van der Waals surface area (Å²) in [6, 6.07) is 5.91. The minimum Gasteiger partial charge on any atom is -0.374 e. The van der Waals surface area contributed by atoms with Gasteiger partial charge < -0.3 is 5.32 Å². The molecule has 0 spiro atoms. The zero-order valence-electron chi connectivity index (χ0n) is 9.64. The van der Waals surface area contributed by atoms with Gasteiger partial charge in [-0.1, -0.05) is 12.1 Å². The van der Waals surface area contributed by atoms with Crippen LogP contribution in [0.3, 0.4) is 0 Å². The number of nitrogens with zero attached hydrogens (tertiary/aromatic N) is 2. The average Bonchev–Trinajstić information content (AvgIpc) is 2.39. The lowest BCUT2D eigenvalue weighted by molar-refractivity contribution is -0.384. The van der Waals surface area contributed by atoms with Crippen LogP contribution in [-0.4, -0.2) is 9.91 Å². The fraction of sp³-hybridized carbons (Fsp3) is 0.0833. The summed E-state index contributed by atoms with van der Waals surface area (Å²) < 4.78 is 13.3. The summed E-state index contributed by atoms with van der Waals surface area (Å²) in [7, 11) is 0. The largest absolute Gasteiger partial charge is 0.374 e. The van der Waals surface area contributed by atoms with Crippen molar-refractivity contribution in [2.45, 2.75) is 6.54 Å². The number of hydrogen-bond acceptors (Lipinski definition) is 4. The molecule has 2 rings (SSSR count). The van der Waals surface area contributed by atoms with Crippen molar-refractivity contribution in [3.8, 4) is 0 Å². The molecule has 98 valence electrons. The number of aromatic nitrogens is 1. The summed E-state index contributed by atoms with van der Waals surface area (Å²) in [6.07, 6.45) is 2.65. The molecule has 1 N–H and O–H groups in total. The molecule has 0 saturated heterocycles. The Kier molecular flexibility index (Phi) is 4.06. The second-order valence-electron chi connectivity index (χ2n) is 3.75. The molecular formula is C12H9BrFN3O2.